The van der Waals surface area contributed by atoms with E-state index in [9.17, 15) is 0 Å². The molecule has 4 nitrogen and oxygen atoms in total. The number of aromatic amines is 1. The molecule has 2 rings (SSSR count). The first-order valence-electron chi connectivity index (χ1n) is 4.79. The summed E-state index contributed by atoms with van der Waals surface area (Å²) in [5.41, 5.74) is 0.992. The third-order valence-corrected chi connectivity index (χ3v) is 2.20. The second-order valence-corrected chi connectivity index (χ2v) is 3.34. The van der Waals surface area contributed by atoms with Gasteiger partial charge in [0.05, 0.1) is 6.61 Å². The van der Waals surface area contributed by atoms with Crippen LogP contribution in [0, 0.1) is 0 Å². The number of aliphatic hydroxyl groups excluding tert-OH is 2. The fourth-order valence-electron chi connectivity index (χ4n) is 1.42. The van der Waals surface area contributed by atoms with Gasteiger partial charge >= 0.3 is 0 Å². The molecule has 1 heterocycles. The minimum Gasteiger partial charge on any atom is -0.490 e. The average molecular weight is 207 g/mol. The van der Waals surface area contributed by atoms with E-state index in [1.807, 2.05) is 30.5 Å². The molecule has 15 heavy (non-hydrogen) atoms. The zero-order valence-electron chi connectivity index (χ0n) is 8.18. The third kappa shape index (κ3) is 2.11. The molecule has 0 aliphatic carbocycles. The van der Waals surface area contributed by atoms with Crippen molar-refractivity contribution in [2.45, 2.75) is 6.10 Å². The Morgan fingerprint density at radius 3 is 3.00 bits per heavy atom. The van der Waals surface area contributed by atoms with Crippen LogP contribution in [0.15, 0.2) is 30.5 Å². The maximum absolute atomic E-state index is 9.16. The van der Waals surface area contributed by atoms with Crippen LogP contribution in [-0.2, 0) is 0 Å². The van der Waals surface area contributed by atoms with Crippen LogP contribution in [0.3, 0.4) is 0 Å². The van der Waals surface area contributed by atoms with E-state index in [4.69, 9.17) is 14.9 Å². The average Bonchev–Trinajstić information content (AvgIpc) is 2.74. The van der Waals surface area contributed by atoms with E-state index in [0.29, 0.717) is 5.75 Å². The molecule has 0 unspecified atom stereocenters. The number of rotatable bonds is 4. The number of H-pyrrole nitrogens is 1. The Labute approximate surface area is 87.1 Å². The fourth-order valence-corrected chi connectivity index (χ4v) is 1.42. The highest BCUT2D eigenvalue weighted by atomic mass is 16.5. The molecule has 1 atom stereocenters. The number of ether oxygens (including phenoxy) is 1. The van der Waals surface area contributed by atoms with Gasteiger partial charge in [0.1, 0.15) is 18.5 Å². The van der Waals surface area contributed by atoms with Crippen LogP contribution < -0.4 is 4.74 Å². The molecule has 0 saturated carbocycles. The molecule has 1 aromatic heterocycles. The standard InChI is InChI=1S/C11H13NO3/c13-6-8(14)7-15-11-3-1-2-10-9(11)4-5-12-10/h1-5,8,12-14H,6-7H2/t8-/m1/s1. The molecule has 1 aromatic carbocycles. The summed E-state index contributed by atoms with van der Waals surface area (Å²) in [5, 5.41) is 18.8. The molecule has 3 N–H and O–H groups in total. The molecule has 2 aromatic rings. The van der Waals surface area contributed by atoms with Crippen molar-refractivity contribution in [2.24, 2.45) is 0 Å². The summed E-state index contributed by atoms with van der Waals surface area (Å²) in [6, 6.07) is 7.57. The Morgan fingerprint density at radius 1 is 1.33 bits per heavy atom. The maximum atomic E-state index is 9.16. The third-order valence-electron chi connectivity index (χ3n) is 2.20. The quantitative estimate of drug-likeness (QED) is 0.697. The van der Waals surface area contributed by atoms with Gasteiger partial charge in [0.2, 0.25) is 0 Å². The SMILES string of the molecule is OC[C@@H](O)COc1cccc2[nH]ccc12. The summed E-state index contributed by atoms with van der Waals surface area (Å²) in [4.78, 5) is 3.07. The predicted octanol–water partition coefficient (Wildman–Crippen LogP) is 0.900. The maximum Gasteiger partial charge on any atom is 0.128 e. The van der Waals surface area contributed by atoms with Crippen LogP contribution in [0.25, 0.3) is 10.9 Å². The van der Waals surface area contributed by atoms with E-state index in [2.05, 4.69) is 4.98 Å². The van der Waals surface area contributed by atoms with E-state index in [1.165, 1.54) is 0 Å². The van der Waals surface area contributed by atoms with Gasteiger partial charge in [-0.15, -0.1) is 0 Å². The molecule has 0 saturated heterocycles. The van der Waals surface area contributed by atoms with E-state index < -0.39 is 6.10 Å². The first-order chi connectivity index (χ1) is 7.31. The van der Waals surface area contributed by atoms with Crippen molar-refractivity contribution in [3.8, 4) is 5.75 Å². The van der Waals surface area contributed by atoms with Crippen molar-refractivity contribution in [1.82, 2.24) is 4.98 Å². The van der Waals surface area contributed by atoms with Crippen LogP contribution >= 0.6 is 0 Å². The number of hydrogen-bond donors (Lipinski definition) is 3. The number of aromatic nitrogens is 1. The zero-order valence-corrected chi connectivity index (χ0v) is 8.18. The lowest BCUT2D eigenvalue weighted by Gasteiger charge is -2.10. The van der Waals surface area contributed by atoms with Gasteiger partial charge < -0.3 is 19.9 Å². The van der Waals surface area contributed by atoms with Crippen molar-refractivity contribution >= 4 is 10.9 Å². The van der Waals surface area contributed by atoms with Crippen molar-refractivity contribution in [3.05, 3.63) is 30.5 Å². The van der Waals surface area contributed by atoms with Crippen molar-refractivity contribution in [2.75, 3.05) is 13.2 Å². The van der Waals surface area contributed by atoms with E-state index in [1.54, 1.807) is 0 Å². The second-order valence-electron chi connectivity index (χ2n) is 3.34. The molecule has 0 fully saturated rings. The highest BCUT2D eigenvalue weighted by molar-refractivity contribution is 5.85. The van der Waals surface area contributed by atoms with E-state index >= 15 is 0 Å². The lowest BCUT2D eigenvalue weighted by molar-refractivity contribution is 0.0541. The zero-order chi connectivity index (χ0) is 10.7. The topological polar surface area (TPSA) is 65.5 Å². The first-order valence-corrected chi connectivity index (χ1v) is 4.79. The van der Waals surface area contributed by atoms with Crippen molar-refractivity contribution < 1.29 is 14.9 Å². The van der Waals surface area contributed by atoms with Crippen LogP contribution in [0.2, 0.25) is 0 Å². The Balaban J connectivity index is 2.17. The Morgan fingerprint density at radius 2 is 2.20 bits per heavy atom. The fraction of sp³-hybridized carbons (Fsp3) is 0.273. The minimum absolute atomic E-state index is 0.0980. The summed E-state index contributed by atoms with van der Waals surface area (Å²) in [5.74, 6) is 0.709. The molecule has 0 amide bonds. The van der Waals surface area contributed by atoms with Crippen LogP contribution in [-0.4, -0.2) is 34.5 Å². The Hall–Kier alpha value is -1.52. The summed E-state index contributed by atoms with van der Waals surface area (Å²) in [6.45, 7) is -0.191. The molecule has 4 heteroatoms. The number of hydrogen-bond acceptors (Lipinski definition) is 3. The molecule has 0 bridgehead atoms. The van der Waals surface area contributed by atoms with Gasteiger partial charge in [-0.05, 0) is 18.2 Å². The highest BCUT2D eigenvalue weighted by Gasteiger charge is 2.06. The van der Waals surface area contributed by atoms with E-state index in [0.717, 1.165) is 10.9 Å². The van der Waals surface area contributed by atoms with Gasteiger partial charge in [-0.2, -0.15) is 0 Å². The summed E-state index contributed by atoms with van der Waals surface area (Å²) in [7, 11) is 0. The molecule has 0 aliphatic rings. The summed E-state index contributed by atoms with van der Waals surface area (Å²) >= 11 is 0. The Kier molecular flexibility index (Phi) is 2.89. The molecule has 0 radical (unpaired) electrons. The second kappa shape index (κ2) is 4.33. The van der Waals surface area contributed by atoms with Crippen molar-refractivity contribution in [3.63, 3.8) is 0 Å². The van der Waals surface area contributed by atoms with Crippen molar-refractivity contribution in [1.29, 1.82) is 0 Å². The highest BCUT2D eigenvalue weighted by Crippen LogP contribution is 2.24. The van der Waals surface area contributed by atoms with Crippen LogP contribution in [0.4, 0.5) is 0 Å². The summed E-state index contributed by atoms with van der Waals surface area (Å²) in [6.07, 6.45) is 0.999. The van der Waals surface area contributed by atoms with Gasteiger partial charge in [0.25, 0.3) is 0 Å². The van der Waals surface area contributed by atoms with Gasteiger partial charge in [-0.25, -0.2) is 0 Å². The number of benzene rings is 1. The number of nitrogens with one attached hydrogen (secondary N) is 1. The van der Waals surface area contributed by atoms with Crippen LogP contribution in [0.5, 0.6) is 5.75 Å². The minimum atomic E-state index is -0.834. The molecule has 80 valence electrons. The molecule has 0 spiro atoms. The van der Waals surface area contributed by atoms with Crippen LogP contribution in [0.1, 0.15) is 0 Å². The Bertz CT molecular complexity index is 438. The van der Waals surface area contributed by atoms with Gasteiger partial charge in [-0.1, -0.05) is 6.07 Å². The van der Waals surface area contributed by atoms with E-state index in [-0.39, 0.29) is 13.2 Å². The van der Waals surface area contributed by atoms with Gasteiger partial charge in [-0.3, -0.25) is 0 Å². The largest absolute Gasteiger partial charge is 0.490 e. The molecular weight excluding hydrogens is 194 g/mol. The van der Waals surface area contributed by atoms with Gasteiger partial charge in [0, 0.05) is 17.1 Å². The summed E-state index contributed by atoms with van der Waals surface area (Å²) < 4.78 is 5.40. The smallest absolute Gasteiger partial charge is 0.128 e. The molecule has 0 aliphatic heterocycles. The predicted molar refractivity (Wildman–Crippen MR) is 56.9 cm³/mol. The van der Waals surface area contributed by atoms with Gasteiger partial charge in [0.15, 0.2) is 0 Å². The monoisotopic (exact) mass is 207 g/mol. The normalized spacial score (nSPS) is 12.9. The lowest BCUT2D eigenvalue weighted by Crippen LogP contribution is -2.21. The number of fused-ring (bicyclic) bond motifs is 1. The lowest BCUT2D eigenvalue weighted by atomic mass is 10.2. The molecular formula is C11H13NO3. The number of aliphatic hydroxyl groups is 2. The first kappa shape index (κ1) is 10.0.